The Labute approximate surface area is 136 Å². The highest BCUT2D eigenvalue weighted by Crippen LogP contribution is 2.54. The topological polar surface area (TPSA) is 83.6 Å². The van der Waals surface area contributed by atoms with E-state index in [9.17, 15) is 9.90 Å². The monoisotopic (exact) mass is 310 g/mol. The molecule has 5 unspecified atom stereocenters. The molecule has 0 bridgehead atoms. The van der Waals surface area contributed by atoms with Crippen LogP contribution in [-0.4, -0.2) is 29.1 Å². The van der Waals surface area contributed by atoms with Gasteiger partial charge in [-0.05, 0) is 48.9 Å². The summed E-state index contributed by atoms with van der Waals surface area (Å²) in [5, 5.41) is 17.3. The average Bonchev–Trinajstić information content (AvgIpc) is 2.97. The van der Waals surface area contributed by atoms with Gasteiger partial charge in [-0.15, -0.1) is 0 Å². The van der Waals surface area contributed by atoms with Gasteiger partial charge in [-0.25, -0.2) is 0 Å². The van der Waals surface area contributed by atoms with E-state index in [1.54, 1.807) is 0 Å². The minimum atomic E-state index is -0.961. The van der Waals surface area contributed by atoms with E-state index in [4.69, 9.17) is 10.8 Å². The van der Waals surface area contributed by atoms with Crippen LogP contribution in [0.4, 0.5) is 0 Å². The molecule has 0 heterocycles. The van der Waals surface area contributed by atoms with Crippen LogP contribution in [0.5, 0.6) is 0 Å². The Hall–Kier alpha value is -0.545. The van der Waals surface area contributed by atoms with Gasteiger partial charge in [0, 0.05) is 0 Å². The fourth-order valence-corrected chi connectivity index (χ4v) is 4.17. The van der Waals surface area contributed by atoms with Crippen LogP contribution in [0.1, 0.15) is 59.8 Å². The molecule has 2 fully saturated rings. The number of rotatable bonds is 5. The molecule has 0 aromatic heterocycles. The highest BCUT2D eigenvalue weighted by molar-refractivity contribution is 6.25. The van der Waals surface area contributed by atoms with Crippen LogP contribution in [0.25, 0.3) is 0 Å². The zero-order chi connectivity index (χ0) is 16.9. The largest absolute Gasteiger partial charge is 0.480 e. The first-order chi connectivity index (χ1) is 10.3. The van der Waals surface area contributed by atoms with Gasteiger partial charge in [0.1, 0.15) is 5.54 Å². The lowest BCUT2D eigenvalue weighted by atomic mass is 9.81. The predicted molar refractivity (Wildman–Crippen MR) is 90.6 cm³/mol. The number of hydrogen-bond acceptors (Lipinski definition) is 3. The van der Waals surface area contributed by atoms with Crippen molar-refractivity contribution in [1.82, 2.24) is 0 Å². The molecule has 2 rings (SSSR count). The Kier molecular flexibility index (Phi) is 7.40. The number of fused-ring (bicyclic) bond motifs is 1. The minimum absolute atomic E-state index is 0.124. The van der Waals surface area contributed by atoms with Gasteiger partial charge in [-0.2, -0.15) is 0 Å². The molecular formula is C17H33BNO3. The number of hydrogen-bond donors (Lipinski definition) is 3. The van der Waals surface area contributed by atoms with E-state index < -0.39 is 11.5 Å². The molecule has 2 aliphatic rings. The molecule has 4 N–H and O–H groups in total. The first-order valence-corrected chi connectivity index (χ1v) is 8.76. The summed E-state index contributed by atoms with van der Waals surface area (Å²) in [6.45, 7) is 8.66. The molecule has 0 aromatic carbocycles. The van der Waals surface area contributed by atoms with E-state index in [1.165, 1.54) is 20.3 Å². The number of unbranched alkanes of at least 4 members (excludes halogenated alkanes) is 1. The van der Waals surface area contributed by atoms with E-state index in [0.29, 0.717) is 18.3 Å². The van der Waals surface area contributed by atoms with Gasteiger partial charge in [0.15, 0.2) is 0 Å². The van der Waals surface area contributed by atoms with Crippen LogP contribution in [0.2, 0.25) is 6.32 Å². The van der Waals surface area contributed by atoms with Gasteiger partial charge in [0.2, 0.25) is 0 Å². The lowest BCUT2D eigenvalue weighted by Gasteiger charge is -2.28. The van der Waals surface area contributed by atoms with Gasteiger partial charge in [0.05, 0.1) is 0 Å². The molecule has 22 heavy (non-hydrogen) atoms. The fourth-order valence-electron chi connectivity index (χ4n) is 4.17. The van der Waals surface area contributed by atoms with Crippen molar-refractivity contribution in [3.63, 3.8) is 0 Å². The SMILES string of the molecule is CC(C)C1CC2CC(N)(C(=O)O)C(C)C2C1.CCCC[B]O. The minimum Gasteiger partial charge on any atom is -0.480 e. The summed E-state index contributed by atoms with van der Waals surface area (Å²) in [6, 6.07) is 0. The van der Waals surface area contributed by atoms with E-state index in [0.717, 1.165) is 31.0 Å². The van der Waals surface area contributed by atoms with E-state index in [2.05, 4.69) is 20.8 Å². The van der Waals surface area contributed by atoms with E-state index in [1.807, 2.05) is 6.92 Å². The van der Waals surface area contributed by atoms with Crippen LogP contribution in [0.15, 0.2) is 0 Å². The summed E-state index contributed by atoms with van der Waals surface area (Å²) in [7, 11) is 1.21. The molecule has 0 saturated heterocycles. The number of carboxylic acids is 1. The second-order valence-corrected chi connectivity index (χ2v) is 7.56. The number of carboxylic acid groups (broad SMARTS) is 1. The van der Waals surface area contributed by atoms with Gasteiger partial charge >= 0.3 is 5.97 Å². The summed E-state index contributed by atoms with van der Waals surface area (Å²) in [6.07, 6.45) is 6.15. The summed E-state index contributed by atoms with van der Waals surface area (Å²) in [5.74, 6) is 1.89. The van der Waals surface area contributed by atoms with Crippen LogP contribution in [-0.2, 0) is 4.79 Å². The third kappa shape index (κ3) is 4.26. The molecule has 0 aromatic rings. The molecular weight excluding hydrogens is 277 g/mol. The maximum atomic E-state index is 11.3. The smallest absolute Gasteiger partial charge is 0.323 e. The van der Waals surface area contributed by atoms with Crippen molar-refractivity contribution in [3.05, 3.63) is 0 Å². The highest BCUT2D eigenvalue weighted by Gasteiger charge is 2.56. The zero-order valence-electron chi connectivity index (χ0n) is 14.6. The van der Waals surface area contributed by atoms with Gasteiger partial charge < -0.3 is 15.9 Å². The maximum Gasteiger partial charge on any atom is 0.323 e. The summed E-state index contributed by atoms with van der Waals surface area (Å²) < 4.78 is 0. The summed E-state index contributed by atoms with van der Waals surface area (Å²) in [4.78, 5) is 11.3. The molecule has 2 aliphatic carbocycles. The maximum absolute atomic E-state index is 11.3. The van der Waals surface area contributed by atoms with Crippen LogP contribution in [0.3, 0.4) is 0 Å². The Bertz CT molecular complexity index is 360. The molecule has 4 nitrogen and oxygen atoms in total. The summed E-state index contributed by atoms with van der Waals surface area (Å²) >= 11 is 0. The van der Waals surface area contributed by atoms with Crippen molar-refractivity contribution in [2.45, 2.75) is 71.7 Å². The Balaban J connectivity index is 0.000000346. The number of nitrogens with two attached hydrogens (primary N) is 1. The number of carbonyl (C=O) groups is 1. The van der Waals surface area contributed by atoms with Gasteiger partial charge in [0.25, 0.3) is 7.48 Å². The molecule has 5 heteroatoms. The molecule has 0 aliphatic heterocycles. The average molecular weight is 310 g/mol. The lowest BCUT2D eigenvalue weighted by Crippen LogP contribution is -2.51. The molecule has 2 saturated carbocycles. The third-order valence-corrected chi connectivity index (χ3v) is 5.87. The standard InChI is InChI=1S/C13H23NO2.C4H10BO/c1-7(2)9-4-10-6-13(14,12(15)16)8(3)11(10)5-9;1-2-3-4-5-6/h7-11H,4-6,14H2,1-3H3,(H,15,16);6H,2-4H2,1H3. The summed E-state index contributed by atoms with van der Waals surface area (Å²) in [5.41, 5.74) is 5.10. The van der Waals surface area contributed by atoms with Crippen LogP contribution in [0, 0.1) is 29.6 Å². The normalized spacial score (nSPS) is 36.7. The Morgan fingerprint density at radius 1 is 1.41 bits per heavy atom. The number of aliphatic carboxylic acids is 1. The second-order valence-electron chi connectivity index (χ2n) is 7.56. The zero-order valence-corrected chi connectivity index (χ0v) is 14.6. The van der Waals surface area contributed by atoms with Crippen LogP contribution >= 0.6 is 0 Å². The van der Waals surface area contributed by atoms with Gasteiger partial charge in [-0.1, -0.05) is 46.9 Å². The van der Waals surface area contributed by atoms with Gasteiger partial charge in [-0.3, -0.25) is 4.79 Å². The second kappa shape index (κ2) is 8.35. The molecule has 0 spiro atoms. The lowest BCUT2D eigenvalue weighted by molar-refractivity contribution is -0.145. The Morgan fingerprint density at radius 2 is 2.05 bits per heavy atom. The molecule has 5 atom stereocenters. The quantitative estimate of drug-likeness (QED) is 0.538. The van der Waals surface area contributed by atoms with E-state index >= 15 is 0 Å². The predicted octanol–water partition coefficient (Wildman–Crippen LogP) is 2.92. The van der Waals surface area contributed by atoms with Crippen molar-refractivity contribution in [3.8, 4) is 0 Å². The first kappa shape index (κ1) is 19.5. The van der Waals surface area contributed by atoms with Crippen molar-refractivity contribution in [1.29, 1.82) is 0 Å². The molecule has 0 amide bonds. The van der Waals surface area contributed by atoms with Crippen LogP contribution < -0.4 is 5.73 Å². The highest BCUT2D eigenvalue weighted by atomic mass is 16.4. The molecule has 127 valence electrons. The van der Waals surface area contributed by atoms with Crippen molar-refractivity contribution >= 4 is 13.5 Å². The first-order valence-electron chi connectivity index (χ1n) is 8.76. The Morgan fingerprint density at radius 3 is 2.41 bits per heavy atom. The fraction of sp³-hybridized carbons (Fsp3) is 0.941. The van der Waals surface area contributed by atoms with Crippen molar-refractivity contribution in [2.24, 2.45) is 35.3 Å². The molecule has 1 radical (unpaired) electrons. The third-order valence-electron chi connectivity index (χ3n) is 5.87. The van der Waals surface area contributed by atoms with Crippen molar-refractivity contribution in [2.75, 3.05) is 0 Å². The van der Waals surface area contributed by atoms with Crippen molar-refractivity contribution < 1.29 is 14.9 Å². The van der Waals surface area contributed by atoms with E-state index in [-0.39, 0.29) is 5.92 Å².